The van der Waals surface area contributed by atoms with Crippen molar-refractivity contribution in [2.45, 2.75) is 57.2 Å². The highest BCUT2D eigenvalue weighted by Crippen LogP contribution is 2.51. The van der Waals surface area contributed by atoms with E-state index in [1.807, 2.05) is 49.4 Å². The van der Waals surface area contributed by atoms with E-state index in [9.17, 15) is 18.0 Å². The van der Waals surface area contributed by atoms with Crippen LogP contribution in [0.25, 0.3) is 0 Å². The number of hydrogen-bond donors (Lipinski definition) is 1. The number of aromatic nitrogens is 1. The highest BCUT2D eigenvalue weighted by Gasteiger charge is 2.49. The van der Waals surface area contributed by atoms with Crippen molar-refractivity contribution in [3.63, 3.8) is 0 Å². The van der Waals surface area contributed by atoms with E-state index in [-0.39, 0.29) is 17.7 Å². The smallest absolute Gasteiger partial charge is 0.341 e. The fraction of sp³-hybridized carbons (Fsp3) is 0.357. The molecule has 3 nitrogen and oxygen atoms in total. The molecule has 1 heterocycles. The van der Waals surface area contributed by atoms with Crippen molar-refractivity contribution in [3.8, 4) is 0 Å². The molecule has 1 N–H and O–H groups in total. The van der Waals surface area contributed by atoms with Gasteiger partial charge in [0.1, 0.15) is 5.54 Å². The van der Waals surface area contributed by atoms with E-state index in [2.05, 4.69) is 5.32 Å². The van der Waals surface area contributed by atoms with Crippen LogP contribution in [0.3, 0.4) is 0 Å². The van der Waals surface area contributed by atoms with Gasteiger partial charge < -0.3 is 5.32 Å². The Labute approximate surface area is 198 Å². The van der Waals surface area contributed by atoms with Crippen molar-refractivity contribution in [2.75, 3.05) is 0 Å². The molecular weight excluding hydrogens is 437 g/mol. The molecular formula is C28H29F3N2O. The molecule has 1 aromatic heterocycles. The molecule has 2 unspecified atom stereocenters. The summed E-state index contributed by atoms with van der Waals surface area (Å²) in [5.41, 5.74) is 0.814. The van der Waals surface area contributed by atoms with E-state index in [0.717, 1.165) is 42.9 Å². The van der Waals surface area contributed by atoms with Crippen LogP contribution in [0.15, 0.2) is 72.9 Å². The molecule has 1 aliphatic carbocycles. The van der Waals surface area contributed by atoms with E-state index in [0.29, 0.717) is 11.3 Å². The molecule has 1 fully saturated rings. The standard InChI is InChI=1S/C28H29F3N2O/c1-19-15-16-25(32-18-19)27(33-20(2)34,23-13-8-14-24(17-23)28(29,30)31)26(22-11-6-7-12-22)21-9-4-3-5-10-21/h3-5,8-10,13-18,22,26H,6-7,11-12H2,1-2H3,(H,33,34). The zero-order valence-electron chi connectivity index (χ0n) is 19.4. The Morgan fingerprint density at radius 1 is 0.971 bits per heavy atom. The predicted octanol–water partition coefficient (Wildman–Crippen LogP) is 6.76. The summed E-state index contributed by atoms with van der Waals surface area (Å²) in [5.74, 6) is -0.440. The molecule has 1 aliphatic rings. The lowest BCUT2D eigenvalue weighted by atomic mass is 9.65. The molecule has 34 heavy (non-hydrogen) atoms. The van der Waals surface area contributed by atoms with Gasteiger partial charge in [-0.15, -0.1) is 0 Å². The van der Waals surface area contributed by atoms with Crippen molar-refractivity contribution in [3.05, 3.63) is 101 Å². The first kappa shape index (κ1) is 24.0. The van der Waals surface area contributed by atoms with Crippen molar-refractivity contribution in [2.24, 2.45) is 5.92 Å². The van der Waals surface area contributed by atoms with E-state index in [4.69, 9.17) is 4.98 Å². The topological polar surface area (TPSA) is 42.0 Å². The first-order valence-electron chi connectivity index (χ1n) is 11.7. The number of halogens is 3. The SMILES string of the molecule is CC(=O)NC(c1cccc(C(F)(F)F)c1)(c1ccc(C)cn1)C(c1ccccc1)C1CCCC1. The van der Waals surface area contributed by atoms with Gasteiger partial charge >= 0.3 is 6.18 Å². The Morgan fingerprint density at radius 3 is 2.24 bits per heavy atom. The minimum atomic E-state index is -4.51. The molecule has 1 amide bonds. The second-order valence-electron chi connectivity index (χ2n) is 9.22. The van der Waals surface area contributed by atoms with E-state index >= 15 is 0 Å². The lowest BCUT2D eigenvalue weighted by Crippen LogP contribution is -2.52. The number of amides is 1. The zero-order valence-corrected chi connectivity index (χ0v) is 19.4. The van der Waals surface area contributed by atoms with E-state index in [1.54, 1.807) is 12.3 Å². The molecule has 0 bridgehead atoms. The highest BCUT2D eigenvalue weighted by molar-refractivity contribution is 5.75. The minimum absolute atomic E-state index is 0.173. The van der Waals surface area contributed by atoms with Crippen LogP contribution >= 0.6 is 0 Å². The summed E-state index contributed by atoms with van der Waals surface area (Å²) in [7, 11) is 0. The summed E-state index contributed by atoms with van der Waals surface area (Å²) in [4.78, 5) is 17.4. The number of nitrogens with one attached hydrogen (secondary N) is 1. The monoisotopic (exact) mass is 466 g/mol. The number of carbonyl (C=O) groups is 1. The van der Waals surface area contributed by atoms with Crippen LogP contribution in [-0.2, 0) is 16.5 Å². The van der Waals surface area contributed by atoms with Gasteiger partial charge in [0.05, 0.1) is 11.3 Å². The maximum Gasteiger partial charge on any atom is 0.416 e. The number of aryl methyl sites for hydroxylation is 1. The quantitative estimate of drug-likeness (QED) is 0.436. The van der Waals surface area contributed by atoms with Gasteiger partial charge in [-0.1, -0.05) is 61.4 Å². The number of pyridine rings is 1. The predicted molar refractivity (Wildman–Crippen MR) is 126 cm³/mol. The number of nitrogens with zero attached hydrogens (tertiary/aromatic N) is 1. The van der Waals surface area contributed by atoms with Crippen molar-refractivity contribution in [1.82, 2.24) is 10.3 Å². The number of carbonyl (C=O) groups excluding carboxylic acids is 1. The number of alkyl halides is 3. The summed E-state index contributed by atoms with van der Waals surface area (Å²) in [6.45, 7) is 3.32. The average Bonchev–Trinajstić information content (AvgIpc) is 3.33. The molecule has 0 saturated heterocycles. The molecule has 0 aliphatic heterocycles. The second kappa shape index (κ2) is 9.61. The number of hydrogen-bond acceptors (Lipinski definition) is 2. The van der Waals surface area contributed by atoms with Crippen LogP contribution in [0, 0.1) is 12.8 Å². The summed E-state index contributed by atoms with van der Waals surface area (Å²) in [6.07, 6.45) is 1.17. The lowest BCUT2D eigenvalue weighted by Gasteiger charge is -2.45. The fourth-order valence-corrected chi connectivity index (χ4v) is 5.45. The molecule has 3 aromatic rings. The van der Waals surface area contributed by atoms with Crippen molar-refractivity contribution < 1.29 is 18.0 Å². The third-order valence-corrected chi connectivity index (χ3v) is 6.83. The summed E-state index contributed by atoms with van der Waals surface area (Å²) in [5, 5.41) is 3.13. The third-order valence-electron chi connectivity index (χ3n) is 6.83. The van der Waals surface area contributed by atoms with Crippen molar-refractivity contribution >= 4 is 5.91 Å². The van der Waals surface area contributed by atoms with Gasteiger partial charge in [0.25, 0.3) is 0 Å². The third kappa shape index (κ3) is 4.72. The molecule has 6 heteroatoms. The van der Waals surface area contributed by atoms with Gasteiger partial charge in [-0.3, -0.25) is 9.78 Å². The van der Waals surface area contributed by atoms with Gasteiger partial charge in [-0.2, -0.15) is 13.2 Å². The van der Waals surface area contributed by atoms with Crippen LogP contribution in [0.1, 0.15) is 66.5 Å². The largest absolute Gasteiger partial charge is 0.416 e. The molecule has 0 radical (unpaired) electrons. The van der Waals surface area contributed by atoms with Crippen LogP contribution in [0.4, 0.5) is 13.2 Å². The molecule has 0 spiro atoms. The molecule has 2 atom stereocenters. The van der Waals surface area contributed by atoms with Crippen LogP contribution in [0.2, 0.25) is 0 Å². The second-order valence-corrected chi connectivity index (χ2v) is 9.22. The van der Waals surface area contributed by atoms with Crippen molar-refractivity contribution in [1.29, 1.82) is 0 Å². The van der Waals surface area contributed by atoms with E-state index < -0.39 is 17.3 Å². The Kier molecular flexibility index (Phi) is 6.78. The molecule has 1 saturated carbocycles. The molecule has 178 valence electrons. The number of benzene rings is 2. The van der Waals surface area contributed by atoms with Crippen LogP contribution in [-0.4, -0.2) is 10.9 Å². The summed E-state index contributed by atoms with van der Waals surface area (Å²) >= 11 is 0. The Hall–Kier alpha value is -3.15. The maximum absolute atomic E-state index is 13.8. The lowest BCUT2D eigenvalue weighted by molar-refractivity contribution is -0.137. The Morgan fingerprint density at radius 2 is 1.65 bits per heavy atom. The highest BCUT2D eigenvalue weighted by atomic mass is 19.4. The fourth-order valence-electron chi connectivity index (χ4n) is 5.45. The summed E-state index contributed by atoms with van der Waals surface area (Å²) in [6, 6.07) is 18.8. The molecule has 4 rings (SSSR count). The maximum atomic E-state index is 13.8. The normalized spacial score (nSPS) is 17.2. The Balaban J connectivity index is 2.07. The molecule has 2 aromatic carbocycles. The Bertz CT molecular complexity index is 1120. The van der Waals surface area contributed by atoms with Gasteiger partial charge in [0, 0.05) is 19.0 Å². The van der Waals surface area contributed by atoms with E-state index in [1.165, 1.54) is 19.1 Å². The van der Waals surface area contributed by atoms with Crippen LogP contribution in [0.5, 0.6) is 0 Å². The number of rotatable bonds is 6. The van der Waals surface area contributed by atoms with Gasteiger partial charge in [0.15, 0.2) is 0 Å². The zero-order chi connectivity index (χ0) is 24.3. The average molecular weight is 467 g/mol. The first-order chi connectivity index (χ1) is 16.2. The van der Waals surface area contributed by atoms with Gasteiger partial charge in [0.2, 0.25) is 5.91 Å². The first-order valence-corrected chi connectivity index (χ1v) is 11.7. The minimum Gasteiger partial charge on any atom is -0.341 e. The van der Waals surface area contributed by atoms with Crippen LogP contribution < -0.4 is 5.32 Å². The van der Waals surface area contributed by atoms with Gasteiger partial charge in [-0.25, -0.2) is 0 Å². The van der Waals surface area contributed by atoms with Gasteiger partial charge in [-0.05, 0) is 60.6 Å². The summed E-state index contributed by atoms with van der Waals surface area (Å²) < 4.78 is 41.4.